The van der Waals surface area contributed by atoms with Crippen LogP contribution in [-0.4, -0.2) is 37.0 Å². The van der Waals surface area contributed by atoms with Crippen molar-refractivity contribution < 1.29 is 14.3 Å². The number of benzene rings is 1. The lowest BCUT2D eigenvalue weighted by atomic mass is 10.0. The number of nitrogens with zero attached hydrogens (tertiary/aromatic N) is 1. The summed E-state index contributed by atoms with van der Waals surface area (Å²) in [6, 6.07) is 9.57. The first kappa shape index (κ1) is 20.4. The Balaban J connectivity index is 0.00000243. The molecule has 0 radical (unpaired) electrons. The van der Waals surface area contributed by atoms with Gasteiger partial charge in [-0.2, -0.15) is 0 Å². The molecule has 1 aromatic carbocycles. The number of likely N-dealkylation sites (N-methyl/N-ethyl adjacent to an activating group) is 1. The third-order valence-corrected chi connectivity index (χ3v) is 5.57. The smallest absolute Gasteiger partial charge is 0.341 e. The first-order chi connectivity index (χ1) is 12.1. The molecular weight excluding hydrogens is 372 g/mol. The number of carbonyl (C=O) groups excluding carboxylic acids is 2. The SMILES string of the molecule is CCN1CCc2c(sc(NC(=O)Cc3ccccc3)c2C(=O)OC)C1.Cl. The Bertz CT molecular complexity index is 777. The number of halogens is 1. The van der Waals surface area contributed by atoms with E-state index in [9.17, 15) is 9.59 Å². The van der Waals surface area contributed by atoms with Crippen molar-refractivity contribution in [3.63, 3.8) is 0 Å². The standard InChI is InChI=1S/C19H22N2O3S.ClH/c1-3-21-10-9-14-15(12-21)25-18(17(14)19(23)24-2)20-16(22)11-13-7-5-4-6-8-13;/h4-8H,3,9-12H2,1-2H3,(H,20,22);1H. The van der Waals surface area contributed by atoms with E-state index < -0.39 is 0 Å². The molecule has 5 nitrogen and oxygen atoms in total. The van der Waals surface area contributed by atoms with Crippen LogP contribution in [0.5, 0.6) is 0 Å². The second-order valence-corrected chi connectivity index (χ2v) is 7.13. The van der Waals surface area contributed by atoms with Gasteiger partial charge in [-0.3, -0.25) is 9.69 Å². The third-order valence-electron chi connectivity index (χ3n) is 4.43. The van der Waals surface area contributed by atoms with Crippen molar-refractivity contribution in [3.05, 3.63) is 51.9 Å². The molecule has 26 heavy (non-hydrogen) atoms. The van der Waals surface area contributed by atoms with Crippen LogP contribution < -0.4 is 5.32 Å². The maximum atomic E-state index is 12.4. The summed E-state index contributed by atoms with van der Waals surface area (Å²) in [5, 5.41) is 3.53. The van der Waals surface area contributed by atoms with Gasteiger partial charge in [-0.15, -0.1) is 23.7 Å². The van der Waals surface area contributed by atoms with Crippen LogP contribution in [0.25, 0.3) is 0 Å². The summed E-state index contributed by atoms with van der Waals surface area (Å²) in [5.41, 5.74) is 2.49. The van der Waals surface area contributed by atoms with Gasteiger partial charge in [-0.25, -0.2) is 4.79 Å². The van der Waals surface area contributed by atoms with Gasteiger partial charge in [0.25, 0.3) is 0 Å². The highest BCUT2D eigenvalue weighted by molar-refractivity contribution is 7.17. The summed E-state index contributed by atoms with van der Waals surface area (Å²) in [5.74, 6) is -0.500. The molecule has 2 aromatic rings. The summed E-state index contributed by atoms with van der Waals surface area (Å²) in [4.78, 5) is 28.2. The average molecular weight is 395 g/mol. The predicted octanol–water partition coefficient (Wildman–Crippen LogP) is 3.52. The second-order valence-electron chi connectivity index (χ2n) is 6.03. The van der Waals surface area contributed by atoms with E-state index in [1.165, 1.54) is 18.4 Å². The molecule has 140 valence electrons. The van der Waals surface area contributed by atoms with Gasteiger partial charge in [-0.1, -0.05) is 37.3 Å². The number of hydrogen-bond acceptors (Lipinski definition) is 5. The van der Waals surface area contributed by atoms with E-state index in [1.54, 1.807) is 0 Å². The van der Waals surface area contributed by atoms with Crippen LogP contribution in [0.2, 0.25) is 0 Å². The van der Waals surface area contributed by atoms with Crippen molar-refractivity contribution >= 4 is 40.6 Å². The molecule has 0 saturated heterocycles. The molecule has 0 unspecified atom stereocenters. The lowest BCUT2D eigenvalue weighted by Crippen LogP contribution is -2.30. The molecule has 2 heterocycles. The highest BCUT2D eigenvalue weighted by Crippen LogP contribution is 2.37. The Kier molecular flexibility index (Phi) is 7.20. The number of methoxy groups -OCH3 is 1. The van der Waals surface area contributed by atoms with E-state index in [-0.39, 0.29) is 30.7 Å². The Morgan fingerprint density at radius 3 is 2.65 bits per heavy atom. The fraction of sp³-hybridized carbons (Fsp3) is 0.368. The molecule has 7 heteroatoms. The second kappa shape index (κ2) is 9.16. The quantitative estimate of drug-likeness (QED) is 0.788. The van der Waals surface area contributed by atoms with Gasteiger partial charge in [0.05, 0.1) is 19.1 Å². The molecule has 1 amide bonds. The number of fused-ring (bicyclic) bond motifs is 1. The predicted molar refractivity (Wildman–Crippen MR) is 106 cm³/mol. The van der Waals surface area contributed by atoms with E-state index >= 15 is 0 Å². The molecule has 0 spiro atoms. The van der Waals surface area contributed by atoms with Crippen LogP contribution in [0.4, 0.5) is 5.00 Å². The van der Waals surface area contributed by atoms with Crippen molar-refractivity contribution in [1.29, 1.82) is 0 Å². The molecule has 3 rings (SSSR count). The Labute approximate surface area is 163 Å². The summed E-state index contributed by atoms with van der Waals surface area (Å²) in [6.45, 7) is 4.83. The molecule has 0 fully saturated rings. The number of ether oxygens (including phenoxy) is 1. The van der Waals surface area contributed by atoms with Gasteiger partial charge >= 0.3 is 5.97 Å². The monoisotopic (exact) mass is 394 g/mol. The Morgan fingerprint density at radius 2 is 2.00 bits per heavy atom. The molecule has 1 aromatic heterocycles. The lowest BCUT2D eigenvalue weighted by Gasteiger charge is -2.25. The number of rotatable bonds is 5. The van der Waals surface area contributed by atoms with Crippen LogP contribution in [0.3, 0.4) is 0 Å². The normalized spacial score (nSPS) is 13.5. The van der Waals surface area contributed by atoms with Crippen LogP contribution in [-0.2, 0) is 28.9 Å². The van der Waals surface area contributed by atoms with Crippen molar-refractivity contribution in [2.75, 3.05) is 25.5 Å². The molecule has 1 N–H and O–H groups in total. The minimum absolute atomic E-state index is 0. The van der Waals surface area contributed by atoms with Gasteiger partial charge in [0.15, 0.2) is 0 Å². The highest BCUT2D eigenvalue weighted by atomic mass is 35.5. The van der Waals surface area contributed by atoms with Crippen LogP contribution in [0.15, 0.2) is 30.3 Å². The van der Waals surface area contributed by atoms with E-state index in [0.717, 1.165) is 42.1 Å². The molecule has 0 atom stereocenters. The molecule has 0 aliphatic carbocycles. The number of nitrogens with one attached hydrogen (secondary N) is 1. The Hall–Kier alpha value is -1.89. The van der Waals surface area contributed by atoms with Gasteiger partial charge in [-0.05, 0) is 24.1 Å². The first-order valence-electron chi connectivity index (χ1n) is 8.41. The largest absolute Gasteiger partial charge is 0.465 e. The number of hydrogen-bond donors (Lipinski definition) is 1. The zero-order valence-electron chi connectivity index (χ0n) is 14.9. The fourth-order valence-electron chi connectivity index (χ4n) is 3.08. The summed E-state index contributed by atoms with van der Waals surface area (Å²) >= 11 is 1.49. The molecule has 0 saturated carbocycles. The number of carbonyl (C=O) groups is 2. The van der Waals surface area contributed by atoms with Crippen molar-refractivity contribution in [1.82, 2.24) is 4.90 Å². The van der Waals surface area contributed by atoms with Crippen LogP contribution >= 0.6 is 23.7 Å². The van der Waals surface area contributed by atoms with Gasteiger partial charge in [0.2, 0.25) is 5.91 Å². The van der Waals surface area contributed by atoms with Crippen molar-refractivity contribution in [3.8, 4) is 0 Å². The fourth-order valence-corrected chi connectivity index (χ4v) is 4.38. The first-order valence-corrected chi connectivity index (χ1v) is 9.23. The number of anilines is 1. The van der Waals surface area contributed by atoms with E-state index in [2.05, 4.69) is 17.1 Å². The topological polar surface area (TPSA) is 58.6 Å². The molecule has 0 bridgehead atoms. The van der Waals surface area contributed by atoms with Crippen LogP contribution in [0.1, 0.15) is 33.3 Å². The number of thiophene rings is 1. The van der Waals surface area contributed by atoms with Gasteiger partial charge in [0, 0.05) is 18.0 Å². The summed E-state index contributed by atoms with van der Waals surface area (Å²) in [7, 11) is 1.38. The minimum Gasteiger partial charge on any atom is -0.465 e. The zero-order chi connectivity index (χ0) is 17.8. The van der Waals surface area contributed by atoms with Crippen LogP contribution in [0, 0.1) is 0 Å². The lowest BCUT2D eigenvalue weighted by molar-refractivity contribution is -0.115. The average Bonchev–Trinajstić information content (AvgIpc) is 2.98. The number of esters is 1. The third kappa shape index (κ3) is 4.44. The van der Waals surface area contributed by atoms with E-state index in [4.69, 9.17) is 4.74 Å². The Morgan fingerprint density at radius 1 is 1.27 bits per heavy atom. The number of amides is 1. The van der Waals surface area contributed by atoms with E-state index in [1.807, 2.05) is 30.3 Å². The maximum Gasteiger partial charge on any atom is 0.341 e. The summed E-state index contributed by atoms with van der Waals surface area (Å²) < 4.78 is 4.96. The minimum atomic E-state index is -0.377. The van der Waals surface area contributed by atoms with E-state index in [0.29, 0.717) is 10.6 Å². The zero-order valence-corrected chi connectivity index (χ0v) is 16.5. The van der Waals surface area contributed by atoms with Gasteiger partial charge in [0.1, 0.15) is 5.00 Å². The highest BCUT2D eigenvalue weighted by Gasteiger charge is 2.28. The van der Waals surface area contributed by atoms with Crippen molar-refractivity contribution in [2.24, 2.45) is 0 Å². The molecule has 1 aliphatic rings. The summed E-state index contributed by atoms with van der Waals surface area (Å²) in [6.07, 6.45) is 1.09. The van der Waals surface area contributed by atoms with Crippen molar-refractivity contribution in [2.45, 2.75) is 26.3 Å². The van der Waals surface area contributed by atoms with Gasteiger partial charge < -0.3 is 10.1 Å². The molecule has 1 aliphatic heterocycles. The maximum absolute atomic E-state index is 12.4. The molecular formula is C19H23ClN2O3S.